The van der Waals surface area contributed by atoms with Gasteiger partial charge in [-0.15, -0.1) is 0 Å². The molecule has 3 aliphatic carbocycles. The van der Waals surface area contributed by atoms with Crippen LogP contribution in [0.5, 0.6) is 0 Å². The van der Waals surface area contributed by atoms with E-state index >= 15 is 0 Å². The van der Waals surface area contributed by atoms with Crippen molar-refractivity contribution in [2.24, 2.45) is 23.7 Å². The highest BCUT2D eigenvalue weighted by molar-refractivity contribution is 5.16. The molecule has 2 unspecified atom stereocenters. The van der Waals surface area contributed by atoms with Gasteiger partial charge in [0.2, 0.25) is 0 Å². The van der Waals surface area contributed by atoms with Crippen molar-refractivity contribution in [3.05, 3.63) is 0 Å². The Morgan fingerprint density at radius 2 is 1.71 bits per heavy atom. The monoisotopic (exact) mass is 94.1 g/mol. The largest absolute Gasteiger partial charge is 0.0499 e. The van der Waals surface area contributed by atoms with Crippen molar-refractivity contribution in [2.75, 3.05) is 0 Å². The molecular formula is C7H10. The van der Waals surface area contributed by atoms with Crippen molar-refractivity contribution in [1.29, 1.82) is 0 Å². The summed E-state index contributed by atoms with van der Waals surface area (Å²) in [5.41, 5.74) is 0. The van der Waals surface area contributed by atoms with Gasteiger partial charge in [-0.1, -0.05) is 0 Å². The molecule has 2 atom stereocenters. The molecule has 38 valence electrons. The average molecular weight is 94.2 g/mol. The van der Waals surface area contributed by atoms with Crippen LogP contribution in [0.15, 0.2) is 0 Å². The molecule has 0 heteroatoms. The summed E-state index contributed by atoms with van der Waals surface area (Å²) in [6.07, 6.45) is 4.77. The quantitative estimate of drug-likeness (QED) is 0.463. The van der Waals surface area contributed by atoms with Crippen LogP contribution < -0.4 is 0 Å². The Balaban J connectivity index is 1.79. The Labute approximate surface area is 43.9 Å². The third-order valence-corrected chi connectivity index (χ3v) is 2.91. The molecule has 0 spiro atoms. The molecule has 3 saturated carbocycles. The molecule has 3 fully saturated rings. The Kier molecular flexibility index (Phi) is 0.296. The van der Waals surface area contributed by atoms with Gasteiger partial charge in [0, 0.05) is 0 Å². The van der Waals surface area contributed by atoms with Crippen molar-refractivity contribution in [3.63, 3.8) is 0 Å². The molecular weight excluding hydrogens is 84.1 g/mol. The first-order valence-corrected chi connectivity index (χ1v) is 3.47. The second kappa shape index (κ2) is 0.667. The summed E-state index contributed by atoms with van der Waals surface area (Å²) in [5, 5.41) is 0. The Morgan fingerprint density at radius 1 is 1.00 bits per heavy atom. The lowest BCUT2D eigenvalue weighted by molar-refractivity contribution is 0.543. The normalized spacial score (nSPS) is 64.3. The van der Waals surface area contributed by atoms with Gasteiger partial charge < -0.3 is 0 Å². The average Bonchev–Trinajstić information content (AvgIpc) is 2.28. The van der Waals surface area contributed by atoms with Crippen LogP contribution in [0.4, 0.5) is 0 Å². The predicted octanol–water partition coefficient (Wildman–Crippen LogP) is 1.66. The summed E-state index contributed by atoms with van der Waals surface area (Å²) in [6.45, 7) is 0. The van der Waals surface area contributed by atoms with Gasteiger partial charge in [0.25, 0.3) is 0 Å². The van der Waals surface area contributed by atoms with Gasteiger partial charge in [-0.2, -0.15) is 0 Å². The number of fused-ring (bicyclic) bond motifs is 1. The lowest BCUT2D eigenvalue weighted by Gasteiger charge is -1.94. The summed E-state index contributed by atoms with van der Waals surface area (Å²) in [5.74, 6) is 5.06. The van der Waals surface area contributed by atoms with E-state index in [0.29, 0.717) is 0 Å². The van der Waals surface area contributed by atoms with Crippen molar-refractivity contribution in [3.8, 4) is 0 Å². The van der Waals surface area contributed by atoms with Crippen LogP contribution in [-0.4, -0.2) is 0 Å². The molecule has 0 heterocycles. The molecule has 0 aromatic heterocycles. The zero-order valence-corrected chi connectivity index (χ0v) is 4.43. The van der Waals surface area contributed by atoms with Crippen LogP contribution in [0.2, 0.25) is 0 Å². The summed E-state index contributed by atoms with van der Waals surface area (Å²) in [6, 6.07) is 0. The SMILES string of the molecule is C1CC1C1C2CC21. The van der Waals surface area contributed by atoms with E-state index in [-0.39, 0.29) is 0 Å². The van der Waals surface area contributed by atoms with Gasteiger partial charge in [-0.25, -0.2) is 0 Å². The molecule has 3 rings (SSSR count). The molecule has 0 aliphatic heterocycles. The zero-order chi connectivity index (χ0) is 4.43. The van der Waals surface area contributed by atoms with E-state index in [1.165, 1.54) is 23.7 Å². The van der Waals surface area contributed by atoms with Crippen LogP contribution in [-0.2, 0) is 0 Å². The van der Waals surface area contributed by atoms with Gasteiger partial charge in [-0.3, -0.25) is 0 Å². The minimum Gasteiger partial charge on any atom is -0.0499 e. The summed E-state index contributed by atoms with van der Waals surface area (Å²) >= 11 is 0. The fourth-order valence-corrected chi connectivity index (χ4v) is 2.01. The lowest BCUT2D eigenvalue weighted by atomic mass is 10.1. The van der Waals surface area contributed by atoms with Crippen molar-refractivity contribution < 1.29 is 0 Å². The van der Waals surface area contributed by atoms with Gasteiger partial charge in [0.05, 0.1) is 0 Å². The summed E-state index contributed by atoms with van der Waals surface area (Å²) in [7, 11) is 0. The Bertz CT molecular complexity index is 105. The molecule has 0 amide bonds. The first-order chi connectivity index (χ1) is 3.47. The maximum atomic E-state index is 1.61. The first kappa shape index (κ1) is 3.11. The second-order valence-corrected chi connectivity index (χ2v) is 3.48. The van der Waals surface area contributed by atoms with Crippen LogP contribution >= 0.6 is 0 Å². The molecule has 0 N–H and O–H groups in total. The van der Waals surface area contributed by atoms with Gasteiger partial charge >= 0.3 is 0 Å². The Hall–Kier alpha value is 0. The highest BCUT2D eigenvalue weighted by atomic mass is 14.7. The predicted molar refractivity (Wildman–Crippen MR) is 27.8 cm³/mol. The molecule has 0 bridgehead atoms. The number of rotatable bonds is 1. The van der Waals surface area contributed by atoms with E-state index in [0.717, 1.165) is 0 Å². The van der Waals surface area contributed by atoms with E-state index in [1.807, 2.05) is 0 Å². The lowest BCUT2D eigenvalue weighted by Crippen LogP contribution is -1.88. The van der Waals surface area contributed by atoms with Crippen LogP contribution in [0, 0.1) is 23.7 Å². The van der Waals surface area contributed by atoms with Crippen LogP contribution in [0.25, 0.3) is 0 Å². The van der Waals surface area contributed by atoms with E-state index in [4.69, 9.17) is 0 Å². The maximum absolute atomic E-state index is 1.61. The van der Waals surface area contributed by atoms with Crippen LogP contribution in [0.1, 0.15) is 19.3 Å². The number of hydrogen-bond acceptors (Lipinski definition) is 0. The highest BCUT2D eigenvalue weighted by Crippen LogP contribution is 2.74. The van der Waals surface area contributed by atoms with E-state index in [1.54, 1.807) is 19.3 Å². The fourth-order valence-electron chi connectivity index (χ4n) is 2.01. The fraction of sp³-hybridized carbons (Fsp3) is 1.00. The highest BCUT2D eigenvalue weighted by Gasteiger charge is 2.67. The van der Waals surface area contributed by atoms with Crippen molar-refractivity contribution in [2.45, 2.75) is 19.3 Å². The van der Waals surface area contributed by atoms with Gasteiger partial charge in [0.1, 0.15) is 0 Å². The third kappa shape index (κ3) is 0.266. The molecule has 3 aliphatic rings. The smallest absolute Gasteiger partial charge is 0.0323 e. The summed E-state index contributed by atoms with van der Waals surface area (Å²) < 4.78 is 0. The Morgan fingerprint density at radius 3 is 1.86 bits per heavy atom. The van der Waals surface area contributed by atoms with E-state index < -0.39 is 0 Å². The van der Waals surface area contributed by atoms with Gasteiger partial charge in [0.15, 0.2) is 0 Å². The molecule has 0 nitrogen and oxygen atoms in total. The van der Waals surface area contributed by atoms with Crippen molar-refractivity contribution >= 4 is 0 Å². The van der Waals surface area contributed by atoms with Crippen LogP contribution in [0.3, 0.4) is 0 Å². The minimum absolute atomic E-state index is 1.24. The van der Waals surface area contributed by atoms with Gasteiger partial charge in [-0.05, 0) is 42.9 Å². The topological polar surface area (TPSA) is 0 Å². The molecule has 0 aromatic rings. The first-order valence-electron chi connectivity index (χ1n) is 3.47. The van der Waals surface area contributed by atoms with E-state index in [9.17, 15) is 0 Å². The second-order valence-electron chi connectivity index (χ2n) is 3.48. The molecule has 0 radical (unpaired) electrons. The molecule has 0 aromatic carbocycles. The third-order valence-electron chi connectivity index (χ3n) is 2.91. The molecule has 7 heavy (non-hydrogen) atoms. The zero-order valence-electron chi connectivity index (χ0n) is 4.43. The summed E-state index contributed by atoms with van der Waals surface area (Å²) in [4.78, 5) is 0. The number of hydrogen-bond donors (Lipinski definition) is 0. The maximum Gasteiger partial charge on any atom is -0.0323 e. The minimum atomic E-state index is 1.24. The van der Waals surface area contributed by atoms with Crippen molar-refractivity contribution in [1.82, 2.24) is 0 Å². The standard InChI is InChI=1S/C7H10/c1-2-4(1)7-5-3-6(5)7/h4-7H,1-3H2. The van der Waals surface area contributed by atoms with E-state index in [2.05, 4.69) is 0 Å². The molecule has 0 saturated heterocycles.